The van der Waals surface area contributed by atoms with E-state index in [2.05, 4.69) is 26.0 Å². The molecule has 0 spiro atoms. The summed E-state index contributed by atoms with van der Waals surface area (Å²) in [7, 11) is 0. The largest absolute Gasteiger partial charge is 0.456 e. The standard InChI is InChI=1S/C11H8BrNO3/c12-8-3-1-7(2-4-8)11(15)13-9-5-10(14)16-6-9/h1-5H,6H2,(H,13,15). The minimum Gasteiger partial charge on any atom is -0.456 e. The minimum atomic E-state index is -0.425. The molecule has 82 valence electrons. The number of nitrogens with one attached hydrogen (secondary N) is 1. The number of ether oxygens (including phenoxy) is 1. The molecule has 1 aliphatic rings. The molecule has 5 heteroatoms. The molecule has 1 N–H and O–H groups in total. The molecule has 2 rings (SSSR count). The van der Waals surface area contributed by atoms with Crippen molar-refractivity contribution in [1.82, 2.24) is 5.32 Å². The van der Waals surface area contributed by atoms with Crippen molar-refractivity contribution in [2.24, 2.45) is 0 Å². The number of carbonyl (C=O) groups excluding carboxylic acids is 2. The molecule has 16 heavy (non-hydrogen) atoms. The van der Waals surface area contributed by atoms with Crippen LogP contribution in [0.2, 0.25) is 0 Å². The molecule has 0 saturated carbocycles. The minimum absolute atomic E-state index is 0.126. The Hall–Kier alpha value is -1.62. The van der Waals surface area contributed by atoms with E-state index in [0.717, 1.165) is 4.47 Å². The van der Waals surface area contributed by atoms with Crippen LogP contribution in [0.5, 0.6) is 0 Å². The Balaban J connectivity index is 2.06. The van der Waals surface area contributed by atoms with Crippen LogP contribution in [0.15, 0.2) is 40.5 Å². The highest BCUT2D eigenvalue weighted by Crippen LogP contribution is 2.11. The number of carbonyl (C=O) groups is 2. The van der Waals surface area contributed by atoms with Crippen molar-refractivity contribution in [3.63, 3.8) is 0 Å². The van der Waals surface area contributed by atoms with Gasteiger partial charge in [0.05, 0.1) is 5.70 Å². The zero-order valence-electron chi connectivity index (χ0n) is 8.20. The Morgan fingerprint density at radius 3 is 2.56 bits per heavy atom. The lowest BCUT2D eigenvalue weighted by molar-refractivity contribution is -0.134. The van der Waals surface area contributed by atoms with E-state index < -0.39 is 5.97 Å². The van der Waals surface area contributed by atoms with Crippen LogP contribution in [0.1, 0.15) is 10.4 Å². The zero-order valence-corrected chi connectivity index (χ0v) is 9.78. The second-order valence-electron chi connectivity index (χ2n) is 3.24. The molecule has 0 unspecified atom stereocenters. The van der Waals surface area contributed by atoms with Gasteiger partial charge in [-0.05, 0) is 24.3 Å². The van der Waals surface area contributed by atoms with Crippen LogP contribution in [0.3, 0.4) is 0 Å². The monoisotopic (exact) mass is 281 g/mol. The van der Waals surface area contributed by atoms with Crippen molar-refractivity contribution in [2.45, 2.75) is 0 Å². The van der Waals surface area contributed by atoms with Gasteiger partial charge < -0.3 is 10.1 Å². The third-order valence-electron chi connectivity index (χ3n) is 2.04. The lowest BCUT2D eigenvalue weighted by Crippen LogP contribution is -2.23. The quantitative estimate of drug-likeness (QED) is 0.839. The van der Waals surface area contributed by atoms with Crippen LogP contribution >= 0.6 is 15.9 Å². The van der Waals surface area contributed by atoms with E-state index in [-0.39, 0.29) is 12.5 Å². The fourth-order valence-electron chi connectivity index (χ4n) is 1.27. The molecule has 1 aliphatic heterocycles. The Labute approximate surface area is 100 Å². The van der Waals surface area contributed by atoms with Gasteiger partial charge in [0, 0.05) is 16.1 Å². The first-order valence-corrected chi connectivity index (χ1v) is 5.39. The van der Waals surface area contributed by atoms with Gasteiger partial charge in [-0.1, -0.05) is 15.9 Å². The van der Waals surface area contributed by atoms with Gasteiger partial charge in [-0.3, -0.25) is 4.79 Å². The fourth-order valence-corrected chi connectivity index (χ4v) is 1.53. The molecule has 1 aromatic rings. The number of rotatable bonds is 2. The summed E-state index contributed by atoms with van der Waals surface area (Å²) in [5.41, 5.74) is 1.02. The molecule has 1 heterocycles. The van der Waals surface area contributed by atoms with Gasteiger partial charge in [-0.2, -0.15) is 0 Å². The second kappa shape index (κ2) is 4.49. The van der Waals surface area contributed by atoms with Gasteiger partial charge in [-0.15, -0.1) is 0 Å². The van der Waals surface area contributed by atoms with Crippen molar-refractivity contribution >= 4 is 27.8 Å². The van der Waals surface area contributed by atoms with Crippen LogP contribution < -0.4 is 5.32 Å². The second-order valence-corrected chi connectivity index (χ2v) is 4.15. The van der Waals surface area contributed by atoms with Gasteiger partial charge in [0.15, 0.2) is 0 Å². The fraction of sp³-hybridized carbons (Fsp3) is 0.0909. The number of hydrogen-bond acceptors (Lipinski definition) is 3. The third kappa shape index (κ3) is 2.49. The zero-order chi connectivity index (χ0) is 11.5. The van der Waals surface area contributed by atoms with Gasteiger partial charge in [0.2, 0.25) is 0 Å². The first-order valence-electron chi connectivity index (χ1n) is 4.59. The number of halogens is 1. The maximum Gasteiger partial charge on any atom is 0.333 e. The van der Waals surface area contributed by atoms with Crippen LogP contribution in [-0.2, 0) is 9.53 Å². The van der Waals surface area contributed by atoms with Crippen molar-refractivity contribution in [3.8, 4) is 0 Å². The summed E-state index contributed by atoms with van der Waals surface area (Å²) in [4.78, 5) is 22.4. The Morgan fingerprint density at radius 1 is 1.31 bits per heavy atom. The number of esters is 1. The molecule has 1 amide bonds. The summed E-state index contributed by atoms with van der Waals surface area (Å²) < 4.78 is 5.57. The van der Waals surface area contributed by atoms with Crippen LogP contribution in [0.25, 0.3) is 0 Å². The average Bonchev–Trinajstić information content (AvgIpc) is 2.65. The molecule has 0 radical (unpaired) electrons. The third-order valence-corrected chi connectivity index (χ3v) is 2.57. The van der Waals surface area contributed by atoms with Crippen LogP contribution in [0, 0.1) is 0 Å². The molecule has 4 nitrogen and oxygen atoms in total. The maximum absolute atomic E-state index is 11.7. The molecule has 0 saturated heterocycles. The Kier molecular flexibility index (Phi) is 3.05. The predicted octanol–water partition coefficient (Wildman–Crippen LogP) is 1.62. The number of benzene rings is 1. The van der Waals surface area contributed by atoms with E-state index in [1.165, 1.54) is 6.08 Å². The van der Waals surface area contributed by atoms with Gasteiger partial charge >= 0.3 is 5.97 Å². The van der Waals surface area contributed by atoms with Crippen molar-refractivity contribution < 1.29 is 14.3 Å². The SMILES string of the molecule is O=C1C=C(NC(=O)c2ccc(Br)cc2)CO1. The summed E-state index contributed by atoms with van der Waals surface area (Å²) >= 11 is 3.28. The van der Waals surface area contributed by atoms with E-state index in [9.17, 15) is 9.59 Å². The van der Waals surface area contributed by atoms with Gasteiger partial charge in [0.25, 0.3) is 5.91 Å². The molecule has 0 aliphatic carbocycles. The Bertz CT molecular complexity index is 465. The molecule has 0 bridgehead atoms. The average molecular weight is 282 g/mol. The highest BCUT2D eigenvalue weighted by atomic mass is 79.9. The number of hydrogen-bond donors (Lipinski definition) is 1. The highest BCUT2D eigenvalue weighted by molar-refractivity contribution is 9.10. The summed E-state index contributed by atoms with van der Waals surface area (Å²) in [6.45, 7) is 0.126. The lowest BCUT2D eigenvalue weighted by Gasteiger charge is -2.04. The van der Waals surface area contributed by atoms with Crippen LogP contribution in [-0.4, -0.2) is 18.5 Å². The smallest absolute Gasteiger partial charge is 0.333 e. The molecular weight excluding hydrogens is 274 g/mol. The molecule has 0 fully saturated rings. The van der Waals surface area contributed by atoms with Gasteiger partial charge in [-0.25, -0.2) is 4.79 Å². The van der Waals surface area contributed by atoms with Crippen LogP contribution in [0.4, 0.5) is 0 Å². The van der Waals surface area contributed by atoms with Gasteiger partial charge in [0.1, 0.15) is 6.61 Å². The summed E-state index contributed by atoms with van der Waals surface area (Å²) in [5, 5.41) is 2.61. The highest BCUT2D eigenvalue weighted by Gasteiger charge is 2.15. The van der Waals surface area contributed by atoms with E-state index in [1.807, 2.05) is 0 Å². The summed E-state index contributed by atoms with van der Waals surface area (Å²) in [6.07, 6.45) is 1.27. The van der Waals surface area contributed by atoms with Crippen molar-refractivity contribution in [3.05, 3.63) is 46.1 Å². The Morgan fingerprint density at radius 2 is 2.00 bits per heavy atom. The van der Waals surface area contributed by atoms with Crippen molar-refractivity contribution in [1.29, 1.82) is 0 Å². The van der Waals surface area contributed by atoms with E-state index in [1.54, 1.807) is 24.3 Å². The first-order chi connectivity index (χ1) is 7.65. The van der Waals surface area contributed by atoms with E-state index in [4.69, 9.17) is 0 Å². The van der Waals surface area contributed by atoms with E-state index in [0.29, 0.717) is 11.3 Å². The number of amides is 1. The lowest BCUT2D eigenvalue weighted by atomic mass is 10.2. The maximum atomic E-state index is 11.7. The molecule has 1 aromatic carbocycles. The predicted molar refractivity (Wildman–Crippen MR) is 60.7 cm³/mol. The van der Waals surface area contributed by atoms with E-state index >= 15 is 0 Å². The normalized spacial score (nSPS) is 14.3. The summed E-state index contributed by atoms with van der Waals surface area (Å²) in [5.74, 6) is -0.678. The molecule has 0 atom stereocenters. The topological polar surface area (TPSA) is 55.4 Å². The molecular formula is C11H8BrNO3. The van der Waals surface area contributed by atoms with Crippen molar-refractivity contribution in [2.75, 3.05) is 6.61 Å². The summed E-state index contributed by atoms with van der Waals surface area (Å²) in [6, 6.07) is 6.94. The first kappa shape index (κ1) is 10.9. The molecule has 0 aromatic heterocycles. The number of cyclic esters (lactones) is 1.